The molecule has 112 valence electrons. The van der Waals surface area contributed by atoms with Gasteiger partial charge in [-0.05, 0) is 25.5 Å². The Kier molecular flexibility index (Phi) is 4.65. The third kappa shape index (κ3) is 3.64. The normalized spacial score (nSPS) is 12.4. The summed E-state index contributed by atoms with van der Waals surface area (Å²) in [5, 5.41) is 12.8. The lowest BCUT2D eigenvalue weighted by Gasteiger charge is -2.15. The number of rotatable bonds is 5. The van der Waals surface area contributed by atoms with Crippen molar-refractivity contribution in [3.63, 3.8) is 0 Å². The molecule has 0 radical (unpaired) electrons. The lowest BCUT2D eigenvalue weighted by molar-refractivity contribution is 0.0905. The topological polar surface area (TPSA) is 80.3 Å². The number of nitrogens with two attached hydrogens (primary N) is 1. The van der Waals surface area contributed by atoms with Crippen LogP contribution in [0.3, 0.4) is 0 Å². The first-order valence-electron chi connectivity index (χ1n) is 6.97. The highest BCUT2D eigenvalue weighted by Gasteiger charge is 2.16. The summed E-state index contributed by atoms with van der Waals surface area (Å²) >= 11 is 0. The van der Waals surface area contributed by atoms with E-state index in [1.165, 1.54) is 0 Å². The van der Waals surface area contributed by atoms with Crippen molar-refractivity contribution in [2.24, 2.45) is 0 Å². The molecule has 5 nitrogen and oxygen atoms in total. The van der Waals surface area contributed by atoms with Crippen LogP contribution in [0.25, 0.3) is 0 Å². The average Bonchev–Trinajstić information content (AvgIpc) is 2.87. The fourth-order valence-electron chi connectivity index (χ4n) is 2.18. The number of aromatic nitrogens is 1. The van der Waals surface area contributed by atoms with Gasteiger partial charge in [-0.25, -0.2) is 0 Å². The van der Waals surface area contributed by atoms with Gasteiger partial charge in [0.2, 0.25) is 0 Å². The molecule has 0 aliphatic carbocycles. The summed E-state index contributed by atoms with van der Waals surface area (Å²) in [4.78, 5) is 12.2. The zero-order valence-electron chi connectivity index (χ0n) is 12.3. The first-order valence-corrected chi connectivity index (χ1v) is 6.97. The Hall–Kier alpha value is -2.27. The molecule has 1 atom stereocenters. The number of aliphatic hydroxyl groups is 1. The van der Waals surface area contributed by atoms with Crippen LogP contribution in [0.4, 0.5) is 5.69 Å². The Morgan fingerprint density at radius 1 is 1.33 bits per heavy atom. The number of hydrogen-bond donors (Lipinski definition) is 3. The van der Waals surface area contributed by atoms with Crippen LogP contribution >= 0.6 is 0 Å². The van der Waals surface area contributed by atoms with E-state index in [1.54, 1.807) is 12.3 Å². The zero-order chi connectivity index (χ0) is 15.4. The minimum atomic E-state index is -0.727. The van der Waals surface area contributed by atoms with Gasteiger partial charge in [0.1, 0.15) is 5.69 Å². The minimum absolute atomic E-state index is 0.141. The Morgan fingerprint density at radius 3 is 2.62 bits per heavy atom. The van der Waals surface area contributed by atoms with Gasteiger partial charge < -0.3 is 20.7 Å². The van der Waals surface area contributed by atoms with E-state index in [0.29, 0.717) is 11.4 Å². The highest BCUT2D eigenvalue weighted by atomic mass is 16.3. The number of nitrogens with zero attached hydrogens (tertiary/aromatic N) is 1. The van der Waals surface area contributed by atoms with E-state index in [9.17, 15) is 9.90 Å². The van der Waals surface area contributed by atoms with Crippen LogP contribution in [0.1, 0.15) is 42.0 Å². The Labute approximate surface area is 124 Å². The van der Waals surface area contributed by atoms with Crippen LogP contribution in [0.2, 0.25) is 0 Å². The molecule has 2 aromatic rings. The summed E-state index contributed by atoms with van der Waals surface area (Å²) in [6.07, 6.45) is 1.02. The predicted molar refractivity (Wildman–Crippen MR) is 83.0 cm³/mol. The first-order chi connectivity index (χ1) is 9.99. The minimum Gasteiger partial charge on any atom is -0.397 e. The number of aliphatic hydroxyl groups excluding tert-OH is 1. The van der Waals surface area contributed by atoms with E-state index < -0.39 is 6.10 Å². The van der Waals surface area contributed by atoms with Crippen LogP contribution in [0, 0.1) is 0 Å². The van der Waals surface area contributed by atoms with Crippen LogP contribution in [-0.2, 0) is 0 Å². The molecule has 1 heterocycles. The predicted octanol–water partition coefficient (Wildman–Crippen LogP) is 2.11. The highest BCUT2D eigenvalue weighted by molar-refractivity contribution is 5.93. The first kappa shape index (κ1) is 15.1. The van der Waals surface area contributed by atoms with E-state index in [0.717, 1.165) is 5.56 Å². The molecule has 4 N–H and O–H groups in total. The van der Waals surface area contributed by atoms with E-state index in [2.05, 4.69) is 5.32 Å². The van der Waals surface area contributed by atoms with Crippen LogP contribution in [-0.4, -0.2) is 22.1 Å². The molecule has 1 unspecified atom stereocenters. The van der Waals surface area contributed by atoms with E-state index in [4.69, 9.17) is 5.73 Å². The van der Waals surface area contributed by atoms with Crippen molar-refractivity contribution in [1.82, 2.24) is 9.88 Å². The molecular weight excluding hydrogens is 266 g/mol. The van der Waals surface area contributed by atoms with Crippen molar-refractivity contribution in [3.05, 3.63) is 53.9 Å². The number of carbonyl (C=O) groups is 1. The van der Waals surface area contributed by atoms with E-state index in [-0.39, 0.29) is 18.5 Å². The Bertz CT molecular complexity index is 605. The van der Waals surface area contributed by atoms with Crippen LogP contribution < -0.4 is 11.1 Å². The molecule has 0 saturated heterocycles. The maximum atomic E-state index is 12.2. The molecule has 1 amide bonds. The summed E-state index contributed by atoms with van der Waals surface area (Å²) in [6.45, 7) is 4.12. The fraction of sp³-hybridized carbons (Fsp3) is 0.312. The highest BCUT2D eigenvalue weighted by Crippen LogP contribution is 2.17. The molecule has 5 heteroatoms. The van der Waals surface area contributed by atoms with Gasteiger partial charge in [-0.3, -0.25) is 4.79 Å². The van der Waals surface area contributed by atoms with E-state index >= 15 is 0 Å². The lowest BCUT2D eigenvalue weighted by atomic mass is 10.1. The number of carbonyl (C=O) groups excluding carboxylic acids is 1. The molecular formula is C16H21N3O2. The molecule has 2 rings (SSSR count). The SMILES string of the molecule is CC(C)n1cc(N)cc1C(=O)NCC(O)c1ccccc1. The third-order valence-electron chi connectivity index (χ3n) is 3.30. The maximum absolute atomic E-state index is 12.2. The second-order valence-corrected chi connectivity index (χ2v) is 5.30. The molecule has 0 bridgehead atoms. The standard InChI is InChI=1S/C16H21N3O2/c1-11(2)19-10-13(17)8-14(19)16(21)18-9-15(20)12-6-4-3-5-7-12/h3-8,10-11,15,20H,9,17H2,1-2H3,(H,18,21). The third-order valence-corrected chi connectivity index (χ3v) is 3.30. The van der Waals surface area contributed by atoms with Gasteiger partial charge in [-0.1, -0.05) is 30.3 Å². The number of amides is 1. The summed E-state index contributed by atoms with van der Waals surface area (Å²) in [6, 6.07) is 11.0. The molecule has 1 aromatic heterocycles. The van der Waals surface area contributed by atoms with Crippen molar-refractivity contribution >= 4 is 11.6 Å². The van der Waals surface area contributed by atoms with Crippen molar-refractivity contribution in [2.75, 3.05) is 12.3 Å². The largest absolute Gasteiger partial charge is 0.397 e. The van der Waals surface area contributed by atoms with Crippen LogP contribution in [0.15, 0.2) is 42.6 Å². The molecule has 21 heavy (non-hydrogen) atoms. The van der Waals surface area contributed by atoms with Gasteiger partial charge >= 0.3 is 0 Å². The molecule has 0 saturated carbocycles. The summed E-state index contributed by atoms with van der Waals surface area (Å²) in [5.41, 5.74) is 7.58. The second-order valence-electron chi connectivity index (χ2n) is 5.30. The van der Waals surface area contributed by atoms with E-state index in [1.807, 2.05) is 48.7 Å². The lowest BCUT2D eigenvalue weighted by Crippen LogP contribution is -2.30. The molecule has 0 aliphatic heterocycles. The molecule has 0 aliphatic rings. The number of nitrogens with one attached hydrogen (secondary N) is 1. The number of anilines is 1. The summed E-state index contributed by atoms with van der Waals surface area (Å²) in [5.74, 6) is -0.240. The van der Waals surface area contributed by atoms with Gasteiger partial charge in [-0.2, -0.15) is 0 Å². The van der Waals surface area contributed by atoms with Gasteiger partial charge in [0.05, 0.1) is 11.8 Å². The number of hydrogen-bond acceptors (Lipinski definition) is 3. The van der Waals surface area contributed by atoms with Gasteiger partial charge in [0.25, 0.3) is 5.91 Å². The fourth-order valence-corrected chi connectivity index (χ4v) is 2.18. The average molecular weight is 287 g/mol. The molecule has 0 spiro atoms. The quantitative estimate of drug-likeness (QED) is 0.788. The summed E-state index contributed by atoms with van der Waals surface area (Å²) in [7, 11) is 0. The molecule has 0 fully saturated rings. The summed E-state index contributed by atoms with van der Waals surface area (Å²) < 4.78 is 1.82. The maximum Gasteiger partial charge on any atom is 0.268 e. The van der Waals surface area contributed by atoms with Crippen molar-refractivity contribution in [3.8, 4) is 0 Å². The van der Waals surface area contributed by atoms with Gasteiger partial charge in [-0.15, -0.1) is 0 Å². The smallest absolute Gasteiger partial charge is 0.268 e. The monoisotopic (exact) mass is 287 g/mol. The second kappa shape index (κ2) is 6.45. The van der Waals surface area contributed by atoms with Crippen molar-refractivity contribution in [2.45, 2.75) is 26.0 Å². The molecule has 1 aromatic carbocycles. The Balaban J connectivity index is 2.02. The Morgan fingerprint density at radius 2 is 2.00 bits per heavy atom. The van der Waals surface area contributed by atoms with Crippen molar-refractivity contribution < 1.29 is 9.90 Å². The number of benzene rings is 1. The number of nitrogen functional groups attached to an aromatic ring is 1. The van der Waals surface area contributed by atoms with Gasteiger partial charge in [0.15, 0.2) is 0 Å². The van der Waals surface area contributed by atoms with Gasteiger partial charge in [0, 0.05) is 18.8 Å². The van der Waals surface area contributed by atoms with Crippen molar-refractivity contribution in [1.29, 1.82) is 0 Å². The zero-order valence-corrected chi connectivity index (χ0v) is 12.3. The van der Waals surface area contributed by atoms with Crippen LogP contribution in [0.5, 0.6) is 0 Å².